The first-order valence-corrected chi connectivity index (χ1v) is 12.0. The highest BCUT2D eigenvalue weighted by molar-refractivity contribution is 6.72. The summed E-state index contributed by atoms with van der Waals surface area (Å²) < 4.78 is 7.95. The summed E-state index contributed by atoms with van der Waals surface area (Å²) in [7, 11) is 0. The van der Waals surface area contributed by atoms with Crippen molar-refractivity contribution in [2.24, 2.45) is 0 Å². The molecule has 4 heterocycles. The van der Waals surface area contributed by atoms with Gasteiger partial charge in [-0.05, 0) is 72.7 Å². The molecule has 0 fully saturated rings. The van der Waals surface area contributed by atoms with Crippen molar-refractivity contribution in [1.29, 1.82) is 0 Å². The van der Waals surface area contributed by atoms with Crippen LogP contribution in [0.15, 0.2) is 49.1 Å². The molecule has 4 aromatic heterocycles. The van der Waals surface area contributed by atoms with E-state index >= 15 is 0 Å². The lowest BCUT2D eigenvalue weighted by Gasteiger charge is -2.41. The summed E-state index contributed by atoms with van der Waals surface area (Å²) in [4.78, 5) is 0. The zero-order chi connectivity index (χ0) is 23.9. The summed E-state index contributed by atoms with van der Waals surface area (Å²) in [6.45, 7) is 15.2. The van der Waals surface area contributed by atoms with Crippen LogP contribution in [0.4, 0.5) is 0 Å². The van der Waals surface area contributed by atoms with E-state index in [0.29, 0.717) is 23.7 Å². The van der Waals surface area contributed by atoms with Crippen molar-refractivity contribution in [2.45, 2.75) is 79.1 Å². The molecule has 9 heteroatoms. The molecule has 0 atom stereocenters. The average Bonchev–Trinajstić information content (AvgIpc) is 3.55. The lowest BCUT2D eigenvalue weighted by Crippen LogP contribution is -2.65. The van der Waals surface area contributed by atoms with Crippen molar-refractivity contribution in [1.82, 2.24) is 38.8 Å². The molecule has 0 saturated heterocycles. The highest BCUT2D eigenvalue weighted by Crippen LogP contribution is 2.23. The number of aromatic nitrogens is 8. The van der Waals surface area contributed by atoms with Crippen LogP contribution < -0.4 is 0 Å². The Hall–Kier alpha value is -3.10. The van der Waals surface area contributed by atoms with E-state index in [9.17, 15) is 0 Å². The van der Waals surface area contributed by atoms with E-state index in [-0.39, 0.29) is 0 Å². The molecule has 176 valence electrons. The second kappa shape index (κ2) is 8.69. The Labute approximate surface area is 196 Å². The summed E-state index contributed by atoms with van der Waals surface area (Å²) >= 11 is 0. The fraction of sp³-hybridized carbons (Fsp3) is 0.500. The second-order valence-electron chi connectivity index (χ2n) is 10.2. The van der Waals surface area contributed by atoms with Gasteiger partial charge in [0.2, 0.25) is 0 Å². The van der Waals surface area contributed by atoms with E-state index in [1.807, 2.05) is 43.2 Å². The second-order valence-corrected chi connectivity index (χ2v) is 10.2. The van der Waals surface area contributed by atoms with Crippen LogP contribution in [0.1, 0.15) is 102 Å². The maximum absolute atomic E-state index is 5.04. The Balaban J connectivity index is 2.06. The Morgan fingerprint density at radius 2 is 0.667 bits per heavy atom. The smallest absolute Gasteiger partial charge is 0.379 e. The van der Waals surface area contributed by atoms with E-state index < -0.39 is 6.69 Å². The molecule has 33 heavy (non-hydrogen) atoms. The van der Waals surface area contributed by atoms with Crippen LogP contribution in [0.25, 0.3) is 0 Å². The maximum Gasteiger partial charge on any atom is 0.466 e. The first-order chi connectivity index (χ1) is 15.6. The number of rotatable bonds is 8. The first kappa shape index (κ1) is 23.1. The third kappa shape index (κ3) is 3.94. The van der Waals surface area contributed by atoms with Crippen LogP contribution in [0.5, 0.6) is 0 Å². The van der Waals surface area contributed by atoms with Gasteiger partial charge in [-0.15, -0.1) is 0 Å². The molecule has 0 spiro atoms. The molecule has 0 amide bonds. The normalized spacial score (nSPS) is 12.7. The van der Waals surface area contributed by atoms with Gasteiger partial charge in [-0.3, -0.25) is 0 Å². The number of hydrogen-bond donors (Lipinski definition) is 0. The average molecular weight is 447 g/mol. The van der Waals surface area contributed by atoms with Crippen LogP contribution in [-0.4, -0.2) is 45.5 Å². The molecule has 0 unspecified atom stereocenters. The maximum atomic E-state index is 5.04. The van der Waals surface area contributed by atoms with Gasteiger partial charge < -0.3 is 18.4 Å². The quantitative estimate of drug-likeness (QED) is 0.361. The minimum atomic E-state index is -2.03. The van der Waals surface area contributed by atoms with Gasteiger partial charge in [0.1, 0.15) is 0 Å². The lowest BCUT2D eigenvalue weighted by atomic mass is 9.75. The molecular formula is C24H36BN8-. The molecule has 8 nitrogen and oxygen atoms in total. The summed E-state index contributed by atoms with van der Waals surface area (Å²) in [6.07, 6.45) is 8.11. The van der Waals surface area contributed by atoms with E-state index in [2.05, 4.69) is 79.7 Å². The molecule has 4 rings (SSSR count). The topological polar surface area (TPSA) is 71.3 Å². The summed E-state index contributed by atoms with van der Waals surface area (Å²) in [6, 6.07) is 8.31. The van der Waals surface area contributed by atoms with Crippen molar-refractivity contribution in [3.05, 3.63) is 71.8 Å². The zero-order valence-electron chi connectivity index (χ0n) is 21.1. The van der Waals surface area contributed by atoms with Gasteiger partial charge in [0.05, 0.1) is 22.8 Å². The summed E-state index contributed by atoms with van der Waals surface area (Å²) in [5, 5.41) is 20.1. The van der Waals surface area contributed by atoms with E-state index in [1.54, 1.807) is 0 Å². The molecular weight excluding hydrogens is 411 g/mol. The van der Waals surface area contributed by atoms with Crippen molar-refractivity contribution < 1.29 is 0 Å². The van der Waals surface area contributed by atoms with Crippen molar-refractivity contribution in [3.63, 3.8) is 0 Å². The van der Waals surface area contributed by atoms with Gasteiger partial charge in [0, 0.05) is 0 Å². The standard InChI is InChI=1S/C24H36BN8/c1-17(2)21-9-13-30(26-21)25(31-14-10-22(27-31)18(3)4,32-15-11-23(28-32)19(5)6)33-16-12-24(29-33)20(7)8/h9-20H,1-8H3/q-1. The number of hydrogen-bond acceptors (Lipinski definition) is 4. The Morgan fingerprint density at radius 3 is 0.818 bits per heavy atom. The van der Waals surface area contributed by atoms with Crippen molar-refractivity contribution >= 4 is 6.69 Å². The fourth-order valence-electron chi connectivity index (χ4n) is 4.14. The molecule has 0 bridgehead atoms. The first-order valence-electron chi connectivity index (χ1n) is 12.0. The van der Waals surface area contributed by atoms with Crippen LogP contribution in [0.3, 0.4) is 0 Å². The number of nitrogens with zero attached hydrogens (tertiary/aromatic N) is 8. The molecule has 0 aromatic carbocycles. The molecule has 0 aliphatic rings. The predicted molar refractivity (Wildman–Crippen MR) is 133 cm³/mol. The third-order valence-corrected chi connectivity index (χ3v) is 6.30. The highest BCUT2D eigenvalue weighted by atomic mass is 15.6. The van der Waals surface area contributed by atoms with Gasteiger partial charge in [-0.25, -0.2) is 20.4 Å². The SMILES string of the molecule is CC(C)c1ccn([B-](n2ccc(C(C)C)n2)(n2ccc(C(C)C)n2)n2ccc(C(C)C)n2)n1. The predicted octanol–water partition coefficient (Wildman–Crippen LogP) is 4.89. The molecule has 0 aliphatic heterocycles. The van der Waals surface area contributed by atoms with Crippen LogP contribution in [0, 0.1) is 0 Å². The fourth-order valence-corrected chi connectivity index (χ4v) is 4.14. The van der Waals surface area contributed by atoms with Gasteiger partial charge in [0.15, 0.2) is 0 Å². The highest BCUT2D eigenvalue weighted by Gasteiger charge is 2.40. The molecule has 0 aliphatic carbocycles. The summed E-state index contributed by atoms with van der Waals surface area (Å²) in [5.74, 6) is 1.21. The lowest BCUT2D eigenvalue weighted by molar-refractivity contribution is 0.624. The van der Waals surface area contributed by atoms with Crippen LogP contribution >= 0.6 is 0 Å². The molecule has 4 aromatic rings. The Morgan fingerprint density at radius 1 is 0.455 bits per heavy atom. The largest absolute Gasteiger partial charge is 0.466 e. The van der Waals surface area contributed by atoms with Crippen molar-refractivity contribution in [2.75, 3.05) is 0 Å². The van der Waals surface area contributed by atoms with Gasteiger partial charge in [-0.1, -0.05) is 55.4 Å². The van der Waals surface area contributed by atoms with Gasteiger partial charge in [0.25, 0.3) is 0 Å². The van der Waals surface area contributed by atoms with E-state index in [1.165, 1.54) is 0 Å². The van der Waals surface area contributed by atoms with Crippen molar-refractivity contribution in [3.8, 4) is 0 Å². The zero-order valence-corrected chi connectivity index (χ0v) is 21.1. The monoisotopic (exact) mass is 447 g/mol. The Kier molecular flexibility index (Phi) is 6.07. The molecule has 0 N–H and O–H groups in total. The Bertz CT molecular complexity index is 1020. The van der Waals surface area contributed by atoms with Gasteiger partial charge >= 0.3 is 6.69 Å². The minimum absolute atomic E-state index is 0.302. The van der Waals surface area contributed by atoms with E-state index in [0.717, 1.165) is 22.8 Å². The van der Waals surface area contributed by atoms with Crippen LogP contribution in [0.2, 0.25) is 0 Å². The van der Waals surface area contributed by atoms with Gasteiger partial charge in [-0.2, -0.15) is 0 Å². The van der Waals surface area contributed by atoms with Crippen LogP contribution in [-0.2, 0) is 0 Å². The minimum Gasteiger partial charge on any atom is -0.379 e. The van der Waals surface area contributed by atoms with E-state index in [4.69, 9.17) is 20.4 Å². The summed E-state index contributed by atoms with van der Waals surface area (Å²) in [5.41, 5.74) is 4.07. The molecule has 0 radical (unpaired) electrons. The molecule has 0 saturated carbocycles. The third-order valence-electron chi connectivity index (χ3n) is 6.30.